The standard InChI is InChI=1S/C23H27ClN4O5/c1-5-33-22(30)16-12-27(14-6-7-14)19-15(21(16)29)10-17(28(31)32)20(18(19)24)26-9-8-13(11-26)23(2,3)25-4/h10,12-14H,4-9,11H2,1-3H3. The first-order valence-corrected chi connectivity index (χ1v) is 11.4. The molecule has 2 fully saturated rings. The smallest absolute Gasteiger partial charge is 0.343 e. The fourth-order valence-electron chi connectivity index (χ4n) is 4.55. The van der Waals surface area contributed by atoms with Crippen LogP contribution in [0, 0.1) is 16.0 Å². The van der Waals surface area contributed by atoms with Gasteiger partial charge in [0, 0.05) is 37.3 Å². The Bertz CT molecular complexity index is 1220. The van der Waals surface area contributed by atoms with Crippen molar-refractivity contribution in [3.63, 3.8) is 0 Å². The second-order valence-electron chi connectivity index (χ2n) is 9.19. The number of benzene rings is 1. The van der Waals surface area contributed by atoms with E-state index in [1.165, 1.54) is 12.3 Å². The molecule has 2 aliphatic rings. The third kappa shape index (κ3) is 3.99. The number of halogens is 1. The van der Waals surface area contributed by atoms with Crippen molar-refractivity contribution in [3.8, 4) is 0 Å². The van der Waals surface area contributed by atoms with Crippen molar-refractivity contribution < 1.29 is 14.5 Å². The zero-order valence-corrected chi connectivity index (χ0v) is 19.7. The topological polar surface area (TPSA) is 107 Å². The Hall–Kier alpha value is -2.94. The van der Waals surface area contributed by atoms with Gasteiger partial charge in [-0.05, 0) is 46.8 Å². The number of nitro groups is 1. The largest absolute Gasteiger partial charge is 0.462 e. The van der Waals surface area contributed by atoms with E-state index >= 15 is 0 Å². The molecule has 0 amide bonds. The summed E-state index contributed by atoms with van der Waals surface area (Å²) in [4.78, 5) is 43.3. The van der Waals surface area contributed by atoms with E-state index in [4.69, 9.17) is 16.3 Å². The molecule has 1 aliphatic heterocycles. The molecule has 1 aliphatic carbocycles. The van der Waals surface area contributed by atoms with Crippen LogP contribution in [0.4, 0.5) is 11.4 Å². The second kappa shape index (κ2) is 8.44. The molecular weight excluding hydrogens is 448 g/mol. The lowest BCUT2D eigenvalue weighted by molar-refractivity contribution is -0.384. The van der Waals surface area contributed by atoms with Crippen LogP contribution in [-0.2, 0) is 4.74 Å². The molecule has 2 aromatic rings. The van der Waals surface area contributed by atoms with Crippen LogP contribution in [-0.4, -0.2) is 47.4 Å². The van der Waals surface area contributed by atoms with Gasteiger partial charge in [-0.3, -0.25) is 19.9 Å². The number of aromatic nitrogens is 1. The van der Waals surface area contributed by atoms with Crippen molar-refractivity contribution in [1.29, 1.82) is 0 Å². The maximum atomic E-state index is 13.2. The first-order valence-electron chi connectivity index (χ1n) is 11.1. The number of hydrogen-bond acceptors (Lipinski definition) is 7. The SMILES string of the molecule is C=NC(C)(C)C1CCN(c2c([N+](=O)[O-])cc3c(=O)c(C(=O)OCC)cn(C4CC4)c3c2Cl)C1. The third-order valence-corrected chi connectivity index (χ3v) is 7.11. The number of anilines is 1. The van der Waals surface area contributed by atoms with E-state index < -0.39 is 16.3 Å². The lowest BCUT2D eigenvalue weighted by Crippen LogP contribution is -2.32. The monoisotopic (exact) mass is 474 g/mol. The van der Waals surface area contributed by atoms with Crippen LogP contribution in [0.1, 0.15) is 56.4 Å². The Labute approximate surface area is 196 Å². The molecule has 1 aromatic carbocycles. The summed E-state index contributed by atoms with van der Waals surface area (Å²) in [5.74, 6) is -0.596. The van der Waals surface area contributed by atoms with Gasteiger partial charge < -0.3 is 14.2 Å². The van der Waals surface area contributed by atoms with Gasteiger partial charge in [0.2, 0.25) is 5.43 Å². The number of pyridine rings is 1. The Morgan fingerprint density at radius 2 is 2.09 bits per heavy atom. The molecule has 0 radical (unpaired) electrons. The quantitative estimate of drug-likeness (QED) is 0.255. The highest BCUT2D eigenvalue weighted by Crippen LogP contribution is 2.46. The van der Waals surface area contributed by atoms with E-state index in [-0.39, 0.29) is 45.8 Å². The maximum Gasteiger partial charge on any atom is 0.343 e. The minimum atomic E-state index is -0.747. The number of fused-ring (bicyclic) bond motifs is 1. The van der Waals surface area contributed by atoms with Gasteiger partial charge in [-0.2, -0.15) is 0 Å². The van der Waals surface area contributed by atoms with Crippen molar-refractivity contribution in [3.05, 3.63) is 43.2 Å². The molecule has 0 spiro atoms. The average Bonchev–Trinajstić information content (AvgIpc) is 3.49. The maximum absolute atomic E-state index is 13.2. The van der Waals surface area contributed by atoms with Gasteiger partial charge in [-0.15, -0.1) is 0 Å². The summed E-state index contributed by atoms with van der Waals surface area (Å²) in [6.45, 7) is 10.5. The van der Waals surface area contributed by atoms with E-state index in [1.54, 1.807) is 11.5 Å². The predicted octanol–water partition coefficient (Wildman–Crippen LogP) is 4.38. The Morgan fingerprint density at radius 3 is 2.67 bits per heavy atom. The summed E-state index contributed by atoms with van der Waals surface area (Å²) in [6.07, 6.45) is 4.01. The van der Waals surface area contributed by atoms with Crippen molar-refractivity contribution in [2.24, 2.45) is 10.9 Å². The highest BCUT2D eigenvalue weighted by atomic mass is 35.5. The fourth-order valence-corrected chi connectivity index (χ4v) is 4.97. The van der Waals surface area contributed by atoms with Crippen LogP contribution in [0.2, 0.25) is 5.02 Å². The number of carbonyl (C=O) groups excluding carboxylic acids is 1. The van der Waals surface area contributed by atoms with Crippen molar-refractivity contribution in [2.75, 3.05) is 24.6 Å². The number of esters is 1. The number of hydrogen-bond donors (Lipinski definition) is 0. The summed E-state index contributed by atoms with van der Waals surface area (Å²) in [5.41, 5.74) is -0.672. The van der Waals surface area contributed by atoms with E-state index in [0.717, 1.165) is 19.3 Å². The highest BCUT2D eigenvalue weighted by molar-refractivity contribution is 6.38. The van der Waals surface area contributed by atoms with Gasteiger partial charge in [-0.25, -0.2) is 4.79 Å². The molecule has 2 heterocycles. The molecule has 1 saturated heterocycles. The number of nitrogens with zero attached hydrogens (tertiary/aromatic N) is 4. The van der Waals surface area contributed by atoms with Crippen molar-refractivity contribution in [1.82, 2.24) is 4.57 Å². The first-order chi connectivity index (χ1) is 15.6. The predicted molar refractivity (Wildman–Crippen MR) is 128 cm³/mol. The molecule has 4 rings (SSSR count). The van der Waals surface area contributed by atoms with Crippen LogP contribution in [0.3, 0.4) is 0 Å². The molecule has 1 unspecified atom stereocenters. The van der Waals surface area contributed by atoms with Gasteiger partial charge in [0.05, 0.1) is 33.0 Å². The van der Waals surface area contributed by atoms with E-state index in [1.807, 2.05) is 18.7 Å². The number of ether oxygens (including phenoxy) is 1. The van der Waals surface area contributed by atoms with Crippen LogP contribution >= 0.6 is 11.6 Å². The molecule has 9 nitrogen and oxygen atoms in total. The Morgan fingerprint density at radius 1 is 1.39 bits per heavy atom. The molecule has 33 heavy (non-hydrogen) atoms. The third-order valence-electron chi connectivity index (χ3n) is 6.75. The summed E-state index contributed by atoms with van der Waals surface area (Å²) >= 11 is 6.85. The second-order valence-corrected chi connectivity index (χ2v) is 9.56. The zero-order valence-electron chi connectivity index (χ0n) is 19.0. The van der Waals surface area contributed by atoms with Crippen LogP contribution in [0.5, 0.6) is 0 Å². The minimum absolute atomic E-state index is 0.0525. The molecule has 10 heteroatoms. The van der Waals surface area contributed by atoms with Crippen LogP contribution in [0.25, 0.3) is 10.9 Å². The van der Waals surface area contributed by atoms with Gasteiger partial charge in [0.1, 0.15) is 11.3 Å². The summed E-state index contributed by atoms with van der Waals surface area (Å²) < 4.78 is 6.85. The molecule has 1 saturated carbocycles. The van der Waals surface area contributed by atoms with E-state index in [0.29, 0.717) is 24.3 Å². The highest BCUT2D eigenvalue weighted by Gasteiger charge is 2.39. The van der Waals surface area contributed by atoms with Crippen LogP contribution in [0.15, 0.2) is 22.1 Å². The van der Waals surface area contributed by atoms with Gasteiger partial charge in [0.25, 0.3) is 5.69 Å². The van der Waals surface area contributed by atoms with Gasteiger partial charge >= 0.3 is 5.97 Å². The summed E-state index contributed by atoms with van der Waals surface area (Å²) in [6, 6.07) is 1.33. The van der Waals surface area contributed by atoms with Gasteiger partial charge in [-0.1, -0.05) is 11.6 Å². The van der Waals surface area contributed by atoms with Crippen molar-refractivity contribution >= 4 is 46.6 Å². The van der Waals surface area contributed by atoms with E-state index in [9.17, 15) is 19.7 Å². The molecule has 1 aromatic heterocycles. The molecular formula is C23H27ClN4O5. The normalized spacial score (nSPS) is 18.5. The zero-order chi connectivity index (χ0) is 24.1. The fraction of sp³-hybridized carbons (Fsp3) is 0.522. The summed E-state index contributed by atoms with van der Waals surface area (Å²) in [5, 5.41) is 12.3. The average molecular weight is 475 g/mol. The number of aliphatic imine (C=N–C) groups is 1. The number of carbonyl (C=O) groups is 1. The van der Waals surface area contributed by atoms with Gasteiger partial charge in [0.15, 0.2) is 0 Å². The number of rotatable bonds is 7. The lowest BCUT2D eigenvalue weighted by Gasteiger charge is -2.28. The molecule has 0 bridgehead atoms. The minimum Gasteiger partial charge on any atom is -0.462 e. The van der Waals surface area contributed by atoms with E-state index in [2.05, 4.69) is 11.7 Å². The Kier molecular flexibility index (Phi) is 5.94. The molecule has 176 valence electrons. The first kappa shape index (κ1) is 23.2. The summed E-state index contributed by atoms with van der Waals surface area (Å²) in [7, 11) is 0. The Balaban J connectivity index is 1.94. The van der Waals surface area contributed by atoms with Crippen molar-refractivity contribution in [2.45, 2.75) is 51.6 Å². The molecule has 0 N–H and O–H groups in total. The van der Waals surface area contributed by atoms with Crippen LogP contribution < -0.4 is 10.3 Å². The lowest BCUT2D eigenvalue weighted by atomic mass is 9.87. The molecule has 1 atom stereocenters. The number of nitro benzene ring substituents is 1.